The molecule has 1 saturated heterocycles. The number of aliphatic hydroxyl groups excluding tert-OH is 1. The van der Waals surface area contributed by atoms with Crippen molar-refractivity contribution in [3.63, 3.8) is 0 Å². The van der Waals surface area contributed by atoms with Crippen molar-refractivity contribution in [2.45, 2.75) is 25.0 Å². The van der Waals surface area contributed by atoms with Gasteiger partial charge in [-0.2, -0.15) is 5.10 Å². The molecule has 3 aromatic rings. The van der Waals surface area contributed by atoms with Crippen LogP contribution in [-0.2, 0) is 6.54 Å². The number of hydrogen-bond acceptors (Lipinski definition) is 4. The molecule has 2 N–H and O–H groups in total. The first kappa shape index (κ1) is 20.5. The second-order valence-electron chi connectivity index (χ2n) is 6.24. The lowest BCUT2D eigenvalue weighted by Gasteiger charge is -2.15. The molecule has 6 nitrogen and oxygen atoms in total. The smallest absolute Gasteiger partial charge is 0.140 e. The topological polar surface area (TPSA) is 67.9 Å². The summed E-state index contributed by atoms with van der Waals surface area (Å²) in [6, 6.07) is 10.9. The van der Waals surface area contributed by atoms with Crippen molar-refractivity contribution in [1.29, 1.82) is 0 Å². The van der Waals surface area contributed by atoms with Crippen LogP contribution >= 0.6 is 24.8 Å². The van der Waals surface area contributed by atoms with Gasteiger partial charge in [-0.05, 0) is 24.1 Å². The van der Waals surface area contributed by atoms with Crippen LogP contribution in [-0.4, -0.2) is 43.6 Å². The Morgan fingerprint density at radius 3 is 2.77 bits per heavy atom. The van der Waals surface area contributed by atoms with Gasteiger partial charge >= 0.3 is 0 Å². The molecular formula is C18H23Cl2N5O. The summed E-state index contributed by atoms with van der Waals surface area (Å²) in [5.41, 5.74) is 2.31. The fourth-order valence-electron chi connectivity index (χ4n) is 3.37. The number of aliphatic hydroxyl groups is 1. The monoisotopic (exact) mass is 395 g/mol. The van der Waals surface area contributed by atoms with Gasteiger partial charge in [-0.15, -0.1) is 24.8 Å². The van der Waals surface area contributed by atoms with Gasteiger partial charge in [0.05, 0.1) is 13.2 Å². The Balaban J connectivity index is 0.00000121. The predicted octanol–water partition coefficient (Wildman–Crippen LogP) is 2.53. The van der Waals surface area contributed by atoms with Gasteiger partial charge in [0.15, 0.2) is 0 Å². The van der Waals surface area contributed by atoms with E-state index in [0.29, 0.717) is 6.04 Å². The van der Waals surface area contributed by atoms with Crippen LogP contribution in [0, 0.1) is 0 Å². The van der Waals surface area contributed by atoms with E-state index < -0.39 is 0 Å². The maximum Gasteiger partial charge on any atom is 0.140 e. The Morgan fingerprint density at radius 2 is 2.04 bits per heavy atom. The summed E-state index contributed by atoms with van der Waals surface area (Å²) in [5, 5.41) is 17.0. The molecule has 2 aromatic heterocycles. The maximum absolute atomic E-state index is 9.33. The van der Waals surface area contributed by atoms with Gasteiger partial charge in [0.2, 0.25) is 0 Å². The molecule has 0 bridgehead atoms. The van der Waals surface area contributed by atoms with Gasteiger partial charge < -0.3 is 15.0 Å². The molecule has 0 spiro atoms. The van der Waals surface area contributed by atoms with Crippen LogP contribution < -0.4 is 5.32 Å². The largest absolute Gasteiger partial charge is 0.395 e. The fraction of sp³-hybridized carbons (Fsp3) is 0.333. The molecule has 0 unspecified atom stereocenters. The normalized spacial score (nSPS) is 19.0. The molecule has 0 amide bonds. The minimum atomic E-state index is 0. The standard InChI is InChI=1S/C18H21N5O.2ClH/c24-13-16-10-17(11-20-16)23-8-6-19-18(23)15-4-1-3-14(9-15)12-22-7-2-5-21-22;;/h1-9,16-17,20,24H,10-13H2;2*1H/t16-,17+;;/m1../s1. The molecule has 140 valence electrons. The van der Waals surface area contributed by atoms with Gasteiger partial charge in [-0.1, -0.05) is 18.2 Å². The summed E-state index contributed by atoms with van der Waals surface area (Å²) in [6.45, 7) is 1.79. The molecule has 1 aromatic carbocycles. The molecule has 26 heavy (non-hydrogen) atoms. The molecule has 4 rings (SSSR count). The van der Waals surface area contributed by atoms with Crippen molar-refractivity contribution in [2.24, 2.45) is 0 Å². The van der Waals surface area contributed by atoms with Crippen molar-refractivity contribution in [1.82, 2.24) is 24.6 Å². The Hall–Kier alpha value is -1.86. The fourth-order valence-corrected chi connectivity index (χ4v) is 3.37. The highest BCUT2D eigenvalue weighted by Crippen LogP contribution is 2.27. The van der Waals surface area contributed by atoms with Crippen molar-refractivity contribution < 1.29 is 5.11 Å². The van der Waals surface area contributed by atoms with Gasteiger partial charge in [-0.25, -0.2) is 4.98 Å². The summed E-state index contributed by atoms with van der Waals surface area (Å²) in [6.07, 6.45) is 8.56. The SMILES string of the molecule is Cl.Cl.OC[C@H]1C[C@H](n2ccnc2-c2cccc(Cn3cccn3)c2)CN1. The van der Waals surface area contributed by atoms with E-state index in [4.69, 9.17) is 0 Å². The van der Waals surface area contributed by atoms with Crippen LogP contribution in [0.25, 0.3) is 11.4 Å². The van der Waals surface area contributed by atoms with Crippen LogP contribution in [0.4, 0.5) is 0 Å². The van der Waals surface area contributed by atoms with E-state index in [1.807, 2.05) is 29.3 Å². The lowest BCUT2D eigenvalue weighted by molar-refractivity contribution is 0.253. The van der Waals surface area contributed by atoms with Crippen LogP contribution in [0.1, 0.15) is 18.0 Å². The predicted molar refractivity (Wildman–Crippen MR) is 106 cm³/mol. The Morgan fingerprint density at radius 1 is 1.15 bits per heavy atom. The average Bonchev–Trinajstić information content (AvgIpc) is 3.35. The van der Waals surface area contributed by atoms with Crippen molar-refractivity contribution in [2.75, 3.05) is 13.2 Å². The summed E-state index contributed by atoms with van der Waals surface area (Å²) < 4.78 is 4.13. The Bertz CT molecular complexity index is 806. The van der Waals surface area contributed by atoms with Crippen LogP contribution in [0.5, 0.6) is 0 Å². The molecular weight excluding hydrogens is 373 g/mol. The number of aromatic nitrogens is 4. The number of imidazole rings is 1. The number of benzene rings is 1. The Labute approximate surface area is 165 Å². The first-order valence-electron chi connectivity index (χ1n) is 8.27. The van der Waals surface area contributed by atoms with Gasteiger partial charge in [0, 0.05) is 49.0 Å². The zero-order valence-electron chi connectivity index (χ0n) is 14.2. The third-order valence-corrected chi connectivity index (χ3v) is 4.57. The van der Waals surface area contributed by atoms with Gasteiger partial charge in [0.1, 0.15) is 5.82 Å². The van der Waals surface area contributed by atoms with E-state index in [1.54, 1.807) is 6.20 Å². The van der Waals surface area contributed by atoms with E-state index in [0.717, 1.165) is 30.9 Å². The third-order valence-electron chi connectivity index (χ3n) is 4.57. The van der Waals surface area contributed by atoms with Crippen LogP contribution in [0.2, 0.25) is 0 Å². The minimum absolute atomic E-state index is 0. The number of nitrogens with one attached hydrogen (secondary N) is 1. The van der Waals surface area contributed by atoms with E-state index in [-0.39, 0.29) is 37.5 Å². The van der Waals surface area contributed by atoms with Crippen molar-refractivity contribution >= 4 is 24.8 Å². The third kappa shape index (κ3) is 4.27. The lowest BCUT2D eigenvalue weighted by atomic mass is 10.1. The second-order valence-corrected chi connectivity index (χ2v) is 6.24. The number of nitrogens with zero attached hydrogens (tertiary/aromatic N) is 4. The summed E-state index contributed by atoms with van der Waals surface area (Å²) in [5.74, 6) is 0.975. The highest BCUT2D eigenvalue weighted by Gasteiger charge is 2.26. The Kier molecular flexibility index (Phi) is 7.23. The highest BCUT2D eigenvalue weighted by molar-refractivity contribution is 5.85. The molecule has 0 radical (unpaired) electrons. The highest BCUT2D eigenvalue weighted by atomic mass is 35.5. The minimum Gasteiger partial charge on any atom is -0.395 e. The summed E-state index contributed by atoms with van der Waals surface area (Å²) in [4.78, 5) is 4.57. The van der Waals surface area contributed by atoms with E-state index in [1.165, 1.54) is 5.56 Å². The molecule has 0 aliphatic carbocycles. The summed E-state index contributed by atoms with van der Waals surface area (Å²) >= 11 is 0. The van der Waals surface area contributed by atoms with Crippen LogP contribution in [0.3, 0.4) is 0 Å². The van der Waals surface area contributed by atoms with Gasteiger partial charge in [0.25, 0.3) is 0 Å². The summed E-state index contributed by atoms with van der Waals surface area (Å²) in [7, 11) is 0. The number of halogens is 2. The number of hydrogen-bond donors (Lipinski definition) is 2. The van der Waals surface area contributed by atoms with E-state index in [9.17, 15) is 5.11 Å². The maximum atomic E-state index is 9.33. The molecule has 8 heteroatoms. The van der Waals surface area contributed by atoms with E-state index in [2.05, 4.69) is 44.2 Å². The molecule has 3 heterocycles. The molecule has 1 aliphatic heterocycles. The second kappa shape index (κ2) is 9.19. The number of rotatable bonds is 5. The first-order chi connectivity index (χ1) is 11.8. The molecule has 1 aliphatic rings. The first-order valence-corrected chi connectivity index (χ1v) is 8.27. The molecule has 2 atom stereocenters. The molecule has 1 fully saturated rings. The molecule has 0 saturated carbocycles. The zero-order chi connectivity index (χ0) is 16.4. The van der Waals surface area contributed by atoms with Crippen molar-refractivity contribution in [3.05, 3.63) is 60.7 Å². The quantitative estimate of drug-likeness (QED) is 0.696. The lowest BCUT2D eigenvalue weighted by Crippen LogP contribution is -2.24. The average molecular weight is 396 g/mol. The van der Waals surface area contributed by atoms with Gasteiger partial charge in [-0.3, -0.25) is 4.68 Å². The zero-order valence-corrected chi connectivity index (χ0v) is 15.9. The van der Waals surface area contributed by atoms with Crippen LogP contribution in [0.15, 0.2) is 55.1 Å². The van der Waals surface area contributed by atoms with E-state index >= 15 is 0 Å². The van der Waals surface area contributed by atoms with Crippen molar-refractivity contribution in [3.8, 4) is 11.4 Å².